The normalized spacial score (nSPS) is 17.3. The predicted octanol–water partition coefficient (Wildman–Crippen LogP) is -1.67. The number of aliphatic hydroxyl groups is 1. The molecule has 0 bridgehead atoms. The third-order valence-corrected chi connectivity index (χ3v) is 10.8. The van der Waals surface area contributed by atoms with Crippen molar-refractivity contribution in [1.29, 1.82) is 0 Å². The quantitative estimate of drug-likeness (QED) is 0.0269. The first-order valence-corrected chi connectivity index (χ1v) is 22.3. The number of aromatic nitrogens is 2. The number of H-pyrrole nitrogens is 1. The van der Waals surface area contributed by atoms with E-state index < -0.39 is 95.7 Å². The molecule has 2 rings (SSSR count). The second-order valence-corrected chi connectivity index (χ2v) is 16.8. The number of likely N-dealkylation sites (N-methyl/N-ethyl adjacent to an activating group) is 1. The van der Waals surface area contributed by atoms with Crippen molar-refractivity contribution < 1.29 is 43.5 Å². The highest BCUT2D eigenvalue weighted by molar-refractivity contribution is 5.98. The van der Waals surface area contributed by atoms with Gasteiger partial charge in [-0.15, -0.1) is 0 Å². The van der Waals surface area contributed by atoms with Crippen molar-refractivity contribution in [2.45, 2.75) is 162 Å². The average Bonchev–Trinajstić information content (AvgIpc) is 3.94. The Kier molecular flexibility index (Phi) is 23.3. The summed E-state index contributed by atoms with van der Waals surface area (Å²) >= 11 is 0. The molecule has 1 saturated heterocycles. The molecular formula is C42H73N13O9. The van der Waals surface area contributed by atoms with Gasteiger partial charge in [0.2, 0.25) is 47.3 Å². The van der Waals surface area contributed by atoms with E-state index in [1.165, 1.54) is 31.3 Å². The summed E-state index contributed by atoms with van der Waals surface area (Å²) in [4.78, 5) is 120. The van der Waals surface area contributed by atoms with Crippen LogP contribution in [-0.4, -0.2) is 141 Å². The van der Waals surface area contributed by atoms with Crippen molar-refractivity contribution in [3.8, 4) is 0 Å². The number of aromatic amines is 1. The summed E-state index contributed by atoms with van der Waals surface area (Å²) in [6.45, 7) is 14.2. The zero-order valence-electron chi connectivity index (χ0n) is 38.6. The van der Waals surface area contributed by atoms with E-state index in [0.29, 0.717) is 50.9 Å². The molecule has 64 heavy (non-hydrogen) atoms. The first-order chi connectivity index (χ1) is 30.2. The summed E-state index contributed by atoms with van der Waals surface area (Å²) in [5.41, 5.74) is 11.5. The van der Waals surface area contributed by atoms with Crippen molar-refractivity contribution in [2.75, 3.05) is 19.6 Å². The van der Waals surface area contributed by atoms with Gasteiger partial charge in [0.1, 0.15) is 42.3 Å². The number of likely N-dealkylation sites (tertiary alicyclic amines) is 1. The van der Waals surface area contributed by atoms with Crippen molar-refractivity contribution in [3.63, 3.8) is 0 Å². The van der Waals surface area contributed by atoms with Crippen LogP contribution < -0.4 is 48.7 Å². The van der Waals surface area contributed by atoms with Gasteiger partial charge in [0.05, 0.1) is 12.4 Å². The zero-order valence-corrected chi connectivity index (χ0v) is 38.6. The molecule has 1 fully saturated rings. The van der Waals surface area contributed by atoms with Gasteiger partial charge >= 0.3 is 0 Å². The van der Waals surface area contributed by atoms with Gasteiger partial charge in [-0.25, -0.2) is 4.98 Å². The van der Waals surface area contributed by atoms with Crippen molar-refractivity contribution in [2.24, 2.45) is 28.3 Å². The molecule has 2 heterocycles. The first kappa shape index (κ1) is 54.3. The minimum Gasteiger partial charge on any atom is -0.391 e. The van der Waals surface area contributed by atoms with Gasteiger partial charge in [0.25, 0.3) is 0 Å². The third kappa shape index (κ3) is 17.8. The van der Waals surface area contributed by atoms with E-state index in [1.807, 2.05) is 20.8 Å². The number of aliphatic imine (C=N–C) groups is 1. The lowest BCUT2D eigenvalue weighted by Crippen LogP contribution is -2.62. The summed E-state index contributed by atoms with van der Waals surface area (Å²) in [6, 6.07) is -8.00. The van der Waals surface area contributed by atoms with E-state index >= 15 is 0 Å². The van der Waals surface area contributed by atoms with E-state index in [9.17, 15) is 43.5 Å². The second-order valence-electron chi connectivity index (χ2n) is 16.8. The van der Waals surface area contributed by atoms with Crippen LogP contribution in [0.15, 0.2) is 17.5 Å². The van der Waals surface area contributed by atoms with E-state index in [0.717, 1.165) is 0 Å². The van der Waals surface area contributed by atoms with Gasteiger partial charge in [-0.2, -0.15) is 0 Å². The molecule has 9 atom stereocenters. The van der Waals surface area contributed by atoms with Crippen LogP contribution in [0.1, 0.15) is 112 Å². The average molecular weight is 904 g/mol. The fourth-order valence-electron chi connectivity index (χ4n) is 7.30. The molecule has 0 aliphatic carbocycles. The molecule has 1 aromatic rings. The van der Waals surface area contributed by atoms with Gasteiger partial charge in [-0.05, 0) is 64.2 Å². The third-order valence-electron chi connectivity index (χ3n) is 10.8. The molecule has 22 heteroatoms. The van der Waals surface area contributed by atoms with Crippen LogP contribution in [0.4, 0.5) is 0 Å². The largest absolute Gasteiger partial charge is 0.391 e. The van der Waals surface area contributed by atoms with Crippen LogP contribution in [0.5, 0.6) is 0 Å². The van der Waals surface area contributed by atoms with Crippen molar-refractivity contribution in [3.05, 3.63) is 18.2 Å². The van der Waals surface area contributed by atoms with Crippen LogP contribution >= 0.6 is 0 Å². The molecule has 22 nitrogen and oxygen atoms in total. The molecule has 13 N–H and O–H groups in total. The molecular weight excluding hydrogens is 831 g/mol. The Hall–Kier alpha value is -5.80. The van der Waals surface area contributed by atoms with Crippen molar-refractivity contribution >= 4 is 53.2 Å². The number of guanidine groups is 1. The molecule has 1 aliphatic heterocycles. The molecule has 0 aromatic carbocycles. The monoisotopic (exact) mass is 904 g/mol. The predicted molar refractivity (Wildman–Crippen MR) is 238 cm³/mol. The Morgan fingerprint density at radius 1 is 0.828 bits per heavy atom. The SMILES string of the molecule is CCC[C@H](NC(=O)[C@@H](NC(=O)[C@@H](CC(C)C)NC(=O)[C@H](Cc1cnc[nH]1)NC(C)=O)[C@@H](C)O)C(=O)N[C@H](C(=O)N[C@@H](CCCN=C(N)N)C(=O)N1CCC[C@H]1C(=O)NCC)[C@@H](C)CC. The van der Waals surface area contributed by atoms with Crippen LogP contribution in [0.25, 0.3) is 0 Å². The Morgan fingerprint density at radius 2 is 1.44 bits per heavy atom. The number of hydrogen-bond acceptors (Lipinski definition) is 11. The number of nitrogens with one attached hydrogen (secondary N) is 8. The number of aliphatic hydroxyl groups excluding tert-OH is 1. The second kappa shape index (κ2) is 27.4. The van der Waals surface area contributed by atoms with Crippen LogP contribution in [-0.2, 0) is 44.8 Å². The molecule has 8 amide bonds. The number of amides is 8. The maximum Gasteiger partial charge on any atom is 0.245 e. The van der Waals surface area contributed by atoms with Crippen LogP contribution in [0.3, 0.4) is 0 Å². The Labute approximate surface area is 375 Å². The summed E-state index contributed by atoms with van der Waals surface area (Å²) < 4.78 is 0. The van der Waals surface area contributed by atoms with E-state index in [2.05, 4.69) is 52.2 Å². The topological polar surface area (TPSA) is 337 Å². The fourth-order valence-corrected chi connectivity index (χ4v) is 7.30. The smallest absolute Gasteiger partial charge is 0.245 e. The summed E-state index contributed by atoms with van der Waals surface area (Å²) in [6.07, 6.45) is 4.13. The number of nitrogens with two attached hydrogens (primary N) is 2. The number of hydrogen-bond donors (Lipinski definition) is 11. The fraction of sp³-hybridized carbons (Fsp3) is 0.714. The molecule has 360 valence electrons. The van der Waals surface area contributed by atoms with E-state index in [1.54, 1.807) is 20.8 Å². The van der Waals surface area contributed by atoms with E-state index in [4.69, 9.17) is 11.5 Å². The molecule has 0 unspecified atom stereocenters. The van der Waals surface area contributed by atoms with Gasteiger partial charge in [-0.1, -0.05) is 47.5 Å². The lowest BCUT2D eigenvalue weighted by atomic mass is 9.96. The molecule has 0 radical (unpaired) electrons. The van der Waals surface area contributed by atoms with Gasteiger partial charge < -0.3 is 63.7 Å². The lowest BCUT2D eigenvalue weighted by molar-refractivity contribution is -0.142. The molecule has 0 spiro atoms. The highest BCUT2D eigenvalue weighted by Crippen LogP contribution is 2.20. The first-order valence-electron chi connectivity index (χ1n) is 22.3. The van der Waals surface area contributed by atoms with Crippen molar-refractivity contribution in [1.82, 2.24) is 52.1 Å². The van der Waals surface area contributed by atoms with Gasteiger partial charge in [-0.3, -0.25) is 43.3 Å². The van der Waals surface area contributed by atoms with E-state index in [-0.39, 0.29) is 50.0 Å². The maximum absolute atomic E-state index is 14.1. The molecule has 1 aromatic heterocycles. The number of nitrogens with zero attached hydrogens (tertiary/aromatic N) is 3. The molecule has 1 aliphatic rings. The highest BCUT2D eigenvalue weighted by Gasteiger charge is 2.40. The number of imidazole rings is 1. The van der Waals surface area contributed by atoms with Gasteiger partial charge in [0, 0.05) is 44.9 Å². The standard InChI is InChI=1S/C42H73N13O9/c1-9-14-28(50-40(63)34(25(7)56)54-37(60)30(19-23(4)5)52-36(59)31(49-26(8)57)20-27-21-45-22-48-27)35(58)53-33(24(6)10-2)39(62)51-29(15-12-17-47-42(43)44)41(64)55-18-13-16-32(55)38(61)46-11-3/h21-25,28-34,56H,9-20H2,1-8H3,(H,45,48)(H,46,61)(H,49,57)(H,50,63)(H,51,62)(H,52,59)(H,53,58)(H,54,60)(H4,43,44,47)/t24-,25+,28-,29-,30+,31-,32-,33-,34-/m0/s1. The number of carbonyl (C=O) groups is 8. The summed E-state index contributed by atoms with van der Waals surface area (Å²) in [5.74, 6) is -5.64. The summed E-state index contributed by atoms with van der Waals surface area (Å²) in [7, 11) is 0. The summed E-state index contributed by atoms with van der Waals surface area (Å²) in [5, 5.41) is 29.5. The number of rotatable bonds is 27. The van der Waals surface area contributed by atoms with Crippen LogP contribution in [0.2, 0.25) is 0 Å². The Balaban J connectivity index is 2.30. The van der Waals surface area contributed by atoms with Crippen LogP contribution in [0, 0.1) is 11.8 Å². The minimum atomic E-state index is -1.57. The van der Waals surface area contributed by atoms with Gasteiger partial charge in [0.15, 0.2) is 5.96 Å². The molecule has 0 saturated carbocycles. The minimum absolute atomic E-state index is 0.0538. The lowest BCUT2D eigenvalue weighted by Gasteiger charge is -2.31. The maximum atomic E-state index is 14.1. The Morgan fingerprint density at radius 3 is 2.00 bits per heavy atom. The Bertz CT molecular complexity index is 1740. The number of carbonyl (C=O) groups excluding carboxylic acids is 8. The zero-order chi connectivity index (χ0) is 48.1. The highest BCUT2D eigenvalue weighted by atomic mass is 16.3.